The number of amides is 1. The summed E-state index contributed by atoms with van der Waals surface area (Å²) in [5.41, 5.74) is 2.59. The van der Waals surface area contributed by atoms with Gasteiger partial charge in [-0.25, -0.2) is 4.39 Å². The van der Waals surface area contributed by atoms with Gasteiger partial charge in [0.15, 0.2) is 11.6 Å². The number of halogens is 1. The molecule has 3 rings (SSSR count). The number of piperazine rings is 1. The van der Waals surface area contributed by atoms with Crippen molar-refractivity contribution in [2.75, 3.05) is 39.8 Å². The molecule has 2 aromatic rings. The van der Waals surface area contributed by atoms with Crippen LogP contribution < -0.4 is 10.1 Å². The minimum atomic E-state index is -0.540. The number of hydrogen-bond donors (Lipinski definition) is 1. The third-order valence-corrected chi connectivity index (χ3v) is 5.28. The van der Waals surface area contributed by atoms with Crippen molar-refractivity contribution in [2.45, 2.75) is 20.0 Å². The van der Waals surface area contributed by atoms with Crippen LogP contribution in [0.25, 0.3) is 0 Å². The molecule has 0 radical (unpaired) electrons. The fourth-order valence-electron chi connectivity index (χ4n) is 3.47. The Morgan fingerprint density at radius 2 is 1.75 bits per heavy atom. The van der Waals surface area contributed by atoms with E-state index in [4.69, 9.17) is 4.74 Å². The molecule has 5 nitrogen and oxygen atoms in total. The molecule has 6 heteroatoms. The lowest BCUT2D eigenvalue weighted by Crippen LogP contribution is -2.45. The van der Waals surface area contributed by atoms with Gasteiger partial charge in [0.05, 0.1) is 7.11 Å². The topological polar surface area (TPSA) is 44.8 Å². The fourth-order valence-corrected chi connectivity index (χ4v) is 3.47. The highest BCUT2D eigenvalue weighted by Crippen LogP contribution is 2.18. The van der Waals surface area contributed by atoms with Crippen LogP contribution in [0.3, 0.4) is 0 Å². The van der Waals surface area contributed by atoms with E-state index in [-0.39, 0.29) is 17.2 Å². The molecule has 1 N–H and O–H groups in total. The molecule has 1 fully saturated rings. The number of ether oxygens (including phenoxy) is 1. The molecule has 0 aromatic heterocycles. The van der Waals surface area contributed by atoms with E-state index in [1.807, 2.05) is 18.2 Å². The third-order valence-electron chi connectivity index (χ3n) is 5.28. The average Bonchev–Trinajstić information content (AvgIpc) is 2.73. The van der Waals surface area contributed by atoms with E-state index >= 15 is 0 Å². The molecule has 0 atom stereocenters. The second kappa shape index (κ2) is 9.66. The minimum Gasteiger partial charge on any atom is -0.494 e. The van der Waals surface area contributed by atoms with Gasteiger partial charge in [-0.1, -0.05) is 31.2 Å². The molecule has 1 aliphatic heterocycles. The Hall–Kier alpha value is -2.44. The summed E-state index contributed by atoms with van der Waals surface area (Å²) in [4.78, 5) is 17.3. The lowest BCUT2D eigenvalue weighted by atomic mass is 10.1. The van der Waals surface area contributed by atoms with Crippen LogP contribution in [0.2, 0.25) is 0 Å². The average molecular weight is 385 g/mol. The van der Waals surface area contributed by atoms with Gasteiger partial charge in [0, 0.05) is 44.8 Å². The van der Waals surface area contributed by atoms with Crippen molar-refractivity contribution < 1.29 is 13.9 Å². The second-order valence-electron chi connectivity index (χ2n) is 7.01. The van der Waals surface area contributed by atoms with E-state index in [1.165, 1.54) is 24.8 Å². The lowest BCUT2D eigenvalue weighted by Gasteiger charge is -2.34. The zero-order valence-electron chi connectivity index (χ0n) is 16.6. The number of rotatable bonds is 7. The minimum absolute atomic E-state index is 0.130. The first kappa shape index (κ1) is 20.3. The first-order chi connectivity index (χ1) is 13.6. The van der Waals surface area contributed by atoms with Gasteiger partial charge in [-0.05, 0) is 35.9 Å². The van der Waals surface area contributed by atoms with Crippen molar-refractivity contribution >= 4 is 5.91 Å². The number of benzene rings is 2. The highest BCUT2D eigenvalue weighted by Gasteiger charge is 2.17. The molecule has 1 saturated heterocycles. The van der Waals surface area contributed by atoms with E-state index in [0.717, 1.165) is 44.8 Å². The normalized spacial score (nSPS) is 15.4. The van der Waals surface area contributed by atoms with Crippen molar-refractivity contribution in [3.63, 3.8) is 0 Å². The maximum absolute atomic E-state index is 13.8. The number of methoxy groups -OCH3 is 1. The summed E-state index contributed by atoms with van der Waals surface area (Å²) in [7, 11) is 1.40. The molecule has 0 spiro atoms. The van der Waals surface area contributed by atoms with Crippen LogP contribution in [0, 0.1) is 5.82 Å². The van der Waals surface area contributed by atoms with Gasteiger partial charge >= 0.3 is 0 Å². The predicted octanol–water partition coefficient (Wildman–Crippen LogP) is 2.90. The summed E-state index contributed by atoms with van der Waals surface area (Å²) in [6.07, 6.45) is 0. The van der Waals surface area contributed by atoms with Crippen molar-refractivity contribution in [3.8, 4) is 5.75 Å². The quantitative estimate of drug-likeness (QED) is 0.796. The summed E-state index contributed by atoms with van der Waals surface area (Å²) in [6, 6.07) is 12.4. The molecule has 0 saturated carbocycles. The van der Waals surface area contributed by atoms with E-state index < -0.39 is 5.82 Å². The zero-order chi connectivity index (χ0) is 19.9. The molecule has 0 aliphatic carbocycles. The van der Waals surface area contributed by atoms with Crippen LogP contribution in [0.4, 0.5) is 4.39 Å². The van der Waals surface area contributed by atoms with Gasteiger partial charge < -0.3 is 15.0 Å². The largest absolute Gasteiger partial charge is 0.494 e. The molecule has 150 valence electrons. The van der Waals surface area contributed by atoms with Crippen LogP contribution in [0.1, 0.15) is 28.4 Å². The van der Waals surface area contributed by atoms with Crippen molar-refractivity contribution in [1.82, 2.24) is 15.1 Å². The Morgan fingerprint density at radius 1 is 1.07 bits per heavy atom. The Labute approximate surface area is 166 Å². The molecule has 1 amide bonds. The van der Waals surface area contributed by atoms with Gasteiger partial charge in [-0.2, -0.15) is 0 Å². The number of likely N-dealkylation sites (N-methyl/N-ethyl adjacent to an activating group) is 1. The van der Waals surface area contributed by atoms with E-state index in [0.29, 0.717) is 6.54 Å². The first-order valence-corrected chi connectivity index (χ1v) is 9.74. The van der Waals surface area contributed by atoms with E-state index in [9.17, 15) is 9.18 Å². The van der Waals surface area contributed by atoms with E-state index in [2.05, 4.69) is 28.1 Å². The fraction of sp³-hybridized carbons (Fsp3) is 0.409. The van der Waals surface area contributed by atoms with Crippen LogP contribution in [-0.4, -0.2) is 55.5 Å². The van der Waals surface area contributed by atoms with Crippen molar-refractivity contribution in [1.29, 1.82) is 0 Å². The molecule has 0 bridgehead atoms. The summed E-state index contributed by atoms with van der Waals surface area (Å²) in [6.45, 7) is 8.89. The molecule has 1 aliphatic rings. The highest BCUT2D eigenvalue weighted by molar-refractivity contribution is 5.94. The molecule has 1 heterocycles. The predicted molar refractivity (Wildman–Crippen MR) is 108 cm³/mol. The van der Waals surface area contributed by atoms with Crippen LogP contribution in [0.5, 0.6) is 5.75 Å². The number of carbonyl (C=O) groups excluding carboxylic acids is 1. The van der Waals surface area contributed by atoms with Crippen LogP contribution >= 0.6 is 0 Å². The second-order valence-corrected chi connectivity index (χ2v) is 7.01. The summed E-state index contributed by atoms with van der Waals surface area (Å²) >= 11 is 0. The number of nitrogens with one attached hydrogen (secondary N) is 1. The smallest absolute Gasteiger partial charge is 0.251 e. The number of hydrogen-bond acceptors (Lipinski definition) is 4. The molecule has 0 unspecified atom stereocenters. The maximum atomic E-state index is 13.8. The Balaban J connectivity index is 1.60. The number of nitrogens with zero attached hydrogens (tertiary/aromatic N) is 2. The lowest BCUT2D eigenvalue weighted by molar-refractivity contribution is 0.0950. The summed E-state index contributed by atoms with van der Waals surface area (Å²) in [5, 5.41) is 2.90. The Morgan fingerprint density at radius 3 is 2.39 bits per heavy atom. The Kier molecular flexibility index (Phi) is 7.01. The van der Waals surface area contributed by atoms with Crippen molar-refractivity contribution in [2.24, 2.45) is 0 Å². The number of carbonyl (C=O) groups is 1. The van der Waals surface area contributed by atoms with E-state index in [1.54, 1.807) is 6.07 Å². The van der Waals surface area contributed by atoms with Gasteiger partial charge in [0.1, 0.15) is 0 Å². The Bertz CT molecular complexity index is 804. The summed E-state index contributed by atoms with van der Waals surface area (Å²) in [5.74, 6) is -0.709. The van der Waals surface area contributed by atoms with Gasteiger partial charge in [-0.15, -0.1) is 0 Å². The standard InChI is InChI=1S/C22H28FN3O2/c1-3-25-10-12-26(13-11-25)16-19-7-5-4-6-18(19)15-24-22(27)17-8-9-21(28-2)20(23)14-17/h4-9,14H,3,10-13,15-16H2,1-2H3,(H,24,27). The maximum Gasteiger partial charge on any atom is 0.251 e. The SMILES string of the molecule is CCN1CCN(Cc2ccccc2CNC(=O)c2ccc(OC)c(F)c2)CC1. The van der Waals surface area contributed by atoms with Crippen LogP contribution in [0.15, 0.2) is 42.5 Å². The van der Waals surface area contributed by atoms with Crippen molar-refractivity contribution in [3.05, 3.63) is 65.0 Å². The molecular weight excluding hydrogens is 357 g/mol. The first-order valence-electron chi connectivity index (χ1n) is 9.74. The molecule has 2 aromatic carbocycles. The van der Waals surface area contributed by atoms with Gasteiger partial charge in [0.25, 0.3) is 5.91 Å². The van der Waals surface area contributed by atoms with Gasteiger partial charge in [-0.3, -0.25) is 9.69 Å². The molecule has 28 heavy (non-hydrogen) atoms. The highest BCUT2D eigenvalue weighted by atomic mass is 19.1. The van der Waals surface area contributed by atoms with Gasteiger partial charge in [0.2, 0.25) is 0 Å². The van der Waals surface area contributed by atoms with Crippen LogP contribution in [-0.2, 0) is 13.1 Å². The monoisotopic (exact) mass is 385 g/mol. The molecular formula is C22H28FN3O2. The summed E-state index contributed by atoms with van der Waals surface area (Å²) < 4.78 is 18.7. The zero-order valence-corrected chi connectivity index (χ0v) is 16.6. The third kappa shape index (κ3) is 5.09.